The highest BCUT2D eigenvalue weighted by molar-refractivity contribution is 6.17. The van der Waals surface area contributed by atoms with E-state index in [0.717, 1.165) is 18.7 Å². The van der Waals surface area contributed by atoms with Gasteiger partial charge in [0, 0.05) is 30.7 Å². The van der Waals surface area contributed by atoms with Gasteiger partial charge in [0.1, 0.15) is 0 Å². The molecule has 5 heteroatoms. The van der Waals surface area contributed by atoms with Crippen molar-refractivity contribution in [1.82, 2.24) is 10.3 Å². The third-order valence-corrected chi connectivity index (χ3v) is 2.16. The molecule has 0 aromatic carbocycles. The molecule has 0 unspecified atom stereocenters. The van der Waals surface area contributed by atoms with Crippen molar-refractivity contribution in [3.05, 3.63) is 23.9 Å². The summed E-state index contributed by atoms with van der Waals surface area (Å²) in [6.45, 7) is 2.77. The maximum Gasteiger partial charge on any atom is 0.217 e. The van der Waals surface area contributed by atoms with Gasteiger partial charge >= 0.3 is 0 Å². The number of hydrogen-bond acceptors (Lipinski definition) is 4. The molecular weight excluding hydrogens is 228 g/mol. The largest absolute Gasteiger partial charge is 0.481 e. The maximum absolute atomic E-state index is 5.48. The Morgan fingerprint density at radius 3 is 3.06 bits per heavy atom. The van der Waals surface area contributed by atoms with Crippen molar-refractivity contribution in [3.63, 3.8) is 0 Å². The van der Waals surface area contributed by atoms with E-state index in [1.165, 1.54) is 0 Å². The van der Waals surface area contributed by atoms with Gasteiger partial charge in [-0.2, -0.15) is 0 Å². The summed E-state index contributed by atoms with van der Waals surface area (Å²) in [5.74, 6) is 1.20. The highest BCUT2D eigenvalue weighted by atomic mass is 35.5. The Kier molecular flexibility index (Phi) is 6.88. The average molecular weight is 245 g/mol. The van der Waals surface area contributed by atoms with Crippen LogP contribution in [0.5, 0.6) is 5.88 Å². The number of pyridine rings is 1. The molecule has 0 aliphatic carbocycles. The van der Waals surface area contributed by atoms with Crippen molar-refractivity contribution in [2.24, 2.45) is 0 Å². The van der Waals surface area contributed by atoms with Crippen LogP contribution < -0.4 is 10.1 Å². The van der Waals surface area contributed by atoms with Crippen LogP contribution in [0.25, 0.3) is 0 Å². The molecule has 0 amide bonds. The fourth-order valence-corrected chi connectivity index (χ4v) is 1.38. The SMILES string of the molecule is COc1ncccc1CNCCOCCCl. The van der Waals surface area contributed by atoms with E-state index in [0.29, 0.717) is 25.0 Å². The van der Waals surface area contributed by atoms with E-state index >= 15 is 0 Å². The molecule has 4 nitrogen and oxygen atoms in total. The second kappa shape index (κ2) is 8.33. The van der Waals surface area contributed by atoms with Gasteiger partial charge in [0.25, 0.3) is 0 Å². The van der Waals surface area contributed by atoms with E-state index in [4.69, 9.17) is 21.1 Å². The van der Waals surface area contributed by atoms with Crippen LogP contribution in [0.1, 0.15) is 5.56 Å². The number of rotatable bonds is 8. The van der Waals surface area contributed by atoms with E-state index in [1.54, 1.807) is 13.3 Å². The summed E-state index contributed by atoms with van der Waals surface area (Å²) in [7, 11) is 1.62. The van der Waals surface area contributed by atoms with E-state index in [1.807, 2.05) is 12.1 Å². The number of nitrogens with one attached hydrogen (secondary N) is 1. The second-order valence-corrected chi connectivity index (χ2v) is 3.53. The topological polar surface area (TPSA) is 43.4 Å². The molecule has 0 aliphatic heterocycles. The lowest BCUT2D eigenvalue weighted by molar-refractivity contribution is 0.150. The zero-order chi connectivity index (χ0) is 11.6. The average Bonchev–Trinajstić information content (AvgIpc) is 2.34. The van der Waals surface area contributed by atoms with Gasteiger partial charge in [-0.15, -0.1) is 11.6 Å². The van der Waals surface area contributed by atoms with Gasteiger partial charge in [0.05, 0.1) is 20.3 Å². The minimum Gasteiger partial charge on any atom is -0.481 e. The Balaban J connectivity index is 2.21. The predicted molar refractivity (Wildman–Crippen MR) is 64.0 cm³/mol. The van der Waals surface area contributed by atoms with E-state index in [9.17, 15) is 0 Å². The molecule has 0 atom stereocenters. The molecule has 90 valence electrons. The molecule has 0 bridgehead atoms. The first kappa shape index (κ1) is 13.2. The van der Waals surface area contributed by atoms with Gasteiger partial charge in [-0.1, -0.05) is 6.07 Å². The molecule has 0 aliphatic rings. The number of halogens is 1. The number of methoxy groups -OCH3 is 1. The summed E-state index contributed by atoms with van der Waals surface area (Å²) >= 11 is 5.48. The number of nitrogens with zero attached hydrogens (tertiary/aromatic N) is 1. The van der Waals surface area contributed by atoms with Gasteiger partial charge < -0.3 is 14.8 Å². The van der Waals surface area contributed by atoms with Crippen molar-refractivity contribution in [3.8, 4) is 5.88 Å². The summed E-state index contributed by atoms with van der Waals surface area (Å²) in [5.41, 5.74) is 1.04. The third-order valence-electron chi connectivity index (χ3n) is 2.00. The summed E-state index contributed by atoms with van der Waals surface area (Å²) in [6.07, 6.45) is 1.71. The van der Waals surface area contributed by atoms with Crippen molar-refractivity contribution in [2.75, 3.05) is 32.7 Å². The quantitative estimate of drug-likeness (QED) is 0.555. The molecule has 0 saturated heterocycles. The van der Waals surface area contributed by atoms with Crippen LogP contribution in [0.15, 0.2) is 18.3 Å². The third kappa shape index (κ3) is 4.79. The van der Waals surface area contributed by atoms with Crippen LogP contribution in [0, 0.1) is 0 Å². The minimum atomic E-state index is 0.538. The zero-order valence-corrected chi connectivity index (χ0v) is 10.2. The lowest BCUT2D eigenvalue weighted by atomic mass is 10.2. The Hall–Kier alpha value is -0.840. The molecule has 1 N–H and O–H groups in total. The van der Waals surface area contributed by atoms with Crippen LogP contribution in [-0.2, 0) is 11.3 Å². The number of aromatic nitrogens is 1. The van der Waals surface area contributed by atoms with Crippen LogP contribution in [0.2, 0.25) is 0 Å². The van der Waals surface area contributed by atoms with Crippen LogP contribution in [0.4, 0.5) is 0 Å². The molecule has 0 radical (unpaired) electrons. The zero-order valence-electron chi connectivity index (χ0n) is 9.41. The first-order valence-electron chi connectivity index (χ1n) is 5.20. The van der Waals surface area contributed by atoms with Crippen molar-refractivity contribution in [1.29, 1.82) is 0 Å². The molecule has 1 aromatic rings. The molecule has 0 spiro atoms. The smallest absolute Gasteiger partial charge is 0.217 e. The fraction of sp³-hybridized carbons (Fsp3) is 0.545. The molecule has 0 fully saturated rings. The van der Waals surface area contributed by atoms with Crippen LogP contribution in [0.3, 0.4) is 0 Å². The summed E-state index contributed by atoms with van der Waals surface area (Å²) in [5, 5.41) is 3.25. The summed E-state index contributed by atoms with van der Waals surface area (Å²) in [6, 6.07) is 3.88. The Morgan fingerprint density at radius 1 is 1.44 bits per heavy atom. The van der Waals surface area contributed by atoms with Gasteiger partial charge in [0.15, 0.2) is 0 Å². The van der Waals surface area contributed by atoms with E-state index in [2.05, 4.69) is 10.3 Å². The van der Waals surface area contributed by atoms with Gasteiger partial charge in [0.2, 0.25) is 5.88 Å². The number of hydrogen-bond donors (Lipinski definition) is 1. The molecule has 1 aromatic heterocycles. The lowest BCUT2D eigenvalue weighted by Crippen LogP contribution is -2.20. The number of alkyl halides is 1. The Labute approximate surface area is 101 Å². The first-order valence-corrected chi connectivity index (χ1v) is 5.74. The fourth-order valence-electron chi connectivity index (χ4n) is 1.27. The van der Waals surface area contributed by atoms with E-state index in [-0.39, 0.29) is 0 Å². The lowest BCUT2D eigenvalue weighted by Gasteiger charge is -2.08. The molecular formula is C11H17ClN2O2. The Morgan fingerprint density at radius 2 is 2.31 bits per heavy atom. The maximum atomic E-state index is 5.48. The van der Waals surface area contributed by atoms with Gasteiger partial charge in [-0.25, -0.2) is 4.98 Å². The van der Waals surface area contributed by atoms with Crippen molar-refractivity contribution < 1.29 is 9.47 Å². The van der Waals surface area contributed by atoms with Crippen LogP contribution >= 0.6 is 11.6 Å². The standard InChI is InChI=1S/C11H17ClN2O2/c1-15-11-10(3-2-5-14-11)9-13-6-8-16-7-4-12/h2-3,5,13H,4,6-9H2,1H3. The van der Waals surface area contributed by atoms with E-state index < -0.39 is 0 Å². The Bertz CT molecular complexity index is 297. The predicted octanol–water partition coefficient (Wildman–Crippen LogP) is 1.44. The van der Waals surface area contributed by atoms with Crippen molar-refractivity contribution in [2.45, 2.75) is 6.54 Å². The molecule has 0 saturated carbocycles. The summed E-state index contributed by atoms with van der Waals surface area (Å²) in [4.78, 5) is 4.11. The highest BCUT2D eigenvalue weighted by Gasteiger charge is 2.01. The summed E-state index contributed by atoms with van der Waals surface area (Å²) < 4.78 is 10.4. The van der Waals surface area contributed by atoms with Gasteiger partial charge in [-0.3, -0.25) is 0 Å². The van der Waals surface area contributed by atoms with Crippen LogP contribution in [-0.4, -0.2) is 37.7 Å². The highest BCUT2D eigenvalue weighted by Crippen LogP contribution is 2.12. The van der Waals surface area contributed by atoms with Gasteiger partial charge in [-0.05, 0) is 6.07 Å². The monoisotopic (exact) mass is 244 g/mol. The minimum absolute atomic E-state index is 0.538. The van der Waals surface area contributed by atoms with Crippen molar-refractivity contribution >= 4 is 11.6 Å². The number of ether oxygens (including phenoxy) is 2. The molecule has 1 rings (SSSR count). The normalized spacial score (nSPS) is 10.4. The first-order chi connectivity index (χ1) is 7.88. The molecule has 16 heavy (non-hydrogen) atoms. The molecule has 1 heterocycles. The second-order valence-electron chi connectivity index (χ2n) is 3.15.